The Morgan fingerprint density at radius 3 is 2.50 bits per heavy atom. The quantitative estimate of drug-likeness (QED) is 0.776. The van der Waals surface area contributed by atoms with E-state index in [1.807, 2.05) is 32.8 Å². The van der Waals surface area contributed by atoms with Gasteiger partial charge in [-0.05, 0) is 37.7 Å². The van der Waals surface area contributed by atoms with Crippen molar-refractivity contribution in [2.24, 2.45) is 5.41 Å². The van der Waals surface area contributed by atoms with Crippen LogP contribution in [0.25, 0.3) is 0 Å². The molecule has 1 aromatic carbocycles. The zero-order valence-corrected chi connectivity index (χ0v) is 13.1. The highest BCUT2D eigenvalue weighted by Gasteiger charge is 2.24. The standard InChI is InChI=1S/C13H22FN3O2S/c1-13(2,9-17(3)4)8-16-20(18,19)12-7-10(14)5-6-11(12)15/h5-7,16H,8-9,15H2,1-4H3. The molecule has 0 atom stereocenters. The van der Waals surface area contributed by atoms with Crippen LogP contribution < -0.4 is 10.5 Å². The maximum absolute atomic E-state index is 13.2. The second-order valence-electron chi connectivity index (χ2n) is 5.91. The number of nitrogen functional groups attached to an aromatic ring is 1. The molecule has 0 aliphatic carbocycles. The predicted molar refractivity (Wildman–Crippen MR) is 78.3 cm³/mol. The Bertz CT molecular complexity index is 571. The zero-order chi connectivity index (χ0) is 15.6. The van der Waals surface area contributed by atoms with Gasteiger partial charge in [-0.2, -0.15) is 0 Å². The molecular weight excluding hydrogens is 281 g/mol. The second-order valence-corrected chi connectivity index (χ2v) is 7.64. The number of benzene rings is 1. The summed E-state index contributed by atoms with van der Waals surface area (Å²) in [6, 6.07) is 3.30. The van der Waals surface area contributed by atoms with E-state index in [1.54, 1.807) is 0 Å². The van der Waals surface area contributed by atoms with Gasteiger partial charge < -0.3 is 10.6 Å². The Morgan fingerprint density at radius 2 is 1.95 bits per heavy atom. The summed E-state index contributed by atoms with van der Waals surface area (Å²) >= 11 is 0. The highest BCUT2D eigenvalue weighted by molar-refractivity contribution is 7.89. The van der Waals surface area contributed by atoms with Gasteiger partial charge in [0.1, 0.15) is 10.7 Å². The van der Waals surface area contributed by atoms with E-state index >= 15 is 0 Å². The number of hydrogen-bond acceptors (Lipinski definition) is 4. The summed E-state index contributed by atoms with van der Waals surface area (Å²) in [4.78, 5) is 1.75. The Morgan fingerprint density at radius 1 is 1.35 bits per heavy atom. The van der Waals surface area contributed by atoms with Crippen LogP contribution in [0, 0.1) is 11.2 Å². The van der Waals surface area contributed by atoms with Crippen molar-refractivity contribution in [2.45, 2.75) is 18.7 Å². The van der Waals surface area contributed by atoms with Crippen LogP contribution in [-0.2, 0) is 10.0 Å². The van der Waals surface area contributed by atoms with E-state index in [0.29, 0.717) is 6.54 Å². The van der Waals surface area contributed by atoms with Gasteiger partial charge in [0.15, 0.2) is 0 Å². The lowest BCUT2D eigenvalue weighted by molar-refractivity contribution is 0.242. The molecule has 0 fully saturated rings. The van der Waals surface area contributed by atoms with Gasteiger partial charge in [-0.1, -0.05) is 13.8 Å². The first kappa shape index (κ1) is 16.9. The van der Waals surface area contributed by atoms with Crippen molar-refractivity contribution < 1.29 is 12.8 Å². The van der Waals surface area contributed by atoms with E-state index in [1.165, 1.54) is 6.07 Å². The Labute approximate surface area is 120 Å². The van der Waals surface area contributed by atoms with Crippen molar-refractivity contribution in [3.63, 3.8) is 0 Å². The number of nitrogens with one attached hydrogen (secondary N) is 1. The molecule has 20 heavy (non-hydrogen) atoms. The Kier molecular flexibility index (Phi) is 5.12. The molecule has 1 aromatic rings. The number of anilines is 1. The van der Waals surface area contributed by atoms with Crippen LogP contribution in [0.2, 0.25) is 0 Å². The molecule has 0 aliphatic heterocycles. The SMILES string of the molecule is CN(C)CC(C)(C)CNS(=O)(=O)c1cc(F)ccc1N. The number of nitrogens with zero attached hydrogens (tertiary/aromatic N) is 1. The fourth-order valence-electron chi connectivity index (χ4n) is 2.02. The number of hydrogen-bond donors (Lipinski definition) is 2. The van der Waals surface area contributed by atoms with E-state index in [9.17, 15) is 12.8 Å². The molecule has 0 bridgehead atoms. The molecular formula is C13H22FN3O2S. The molecule has 0 heterocycles. The maximum Gasteiger partial charge on any atom is 0.242 e. The third-order valence-electron chi connectivity index (χ3n) is 2.75. The summed E-state index contributed by atoms with van der Waals surface area (Å²) in [7, 11) is 0.0190. The first-order valence-electron chi connectivity index (χ1n) is 6.23. The normalized spacial score (nSPS) is 12.9. The summed E-state index contributed by atoms with van der Waals surface area (Å²) in [5.74, 6) is -0.632. The fraction of sp³-hybridized carbons (Fsp3) is 0.538. The van der Waals surface area contributed by atoms with Crippen LogP contribution in [0.15, 0.2) is 23.1 Å². The third kappa shape index (κ3) is 4.73. The van der Waals surface area contributed by atoms with E-state index < -0.39 is 15.8 Å². The zero-order valence-electron chi connectivity index (χ0n) is 12.3. The van der Waals surface area contributed by atoms with Crippen LogP contribution >= 0.6 is 0 Å². The summed E-state index contributed by atoms with van der Waals surface area (Å²) < 4.78 is 40.0. The second kappa shape index (κ2) is 6.07. The van der Waals surface area contributed by atoms with Gasteiger partial charge in [0.25, 0.3) is 0 Å². The minimum Gasteiger partial charge on any atom is -0.398 e. The predicted octanol–water partition coefficient (Wildman–Crippen LogP) is 1.27. The first-order chi connectivity index (χ1) is 9.03. The van der Waals surface area contributed by atoms with Crippen molar-refractivity contribution in [2.75, 3.05) is 32.9 Å². The lowest BCUT2D eigenvalue weighted by atomic mass is 9.93. The highest BCUT2D eigenvalue weighted by Crippen LogP contribution is 2.21. The van der Waals surface area contributed by atoms with Crippen molar-refractivity contribution in [1.29, 1.82) is 0 Å². The molecule has 114 valence electrons. The van der Waals surface area contributed by atoms with Crippen molar-refractivity contribution in [3.05, 3.63) is 24.0 Å². The maximum atomic E-state index is 13.2. The van der Waals surface area contributed by atoms with Crippen LogP contribution in [-0.4, -0.2) is 40.5 Å². The van der Waals surface area contributed by atoms with E-state index in [-0.39, 0.29) is 22.5 Å². The van der Waals surface area contributed by atoms with E-state index in [4.69, 9.17) is 5.73 Å². The average molecular weight is 303 g/mol. The van der Waals surface area contributed by atoms with Crippen LogP contribution in [0.5, 0.6) is 0 Å². The van der Waals surface area contributed by atoms with E-state index in [0.717, 1.165) is 12.1 Å². The molecule has 0 aliphatic rings. The Balaban J connectivity index is 2.88. The number of rotatable bonds is 6. The lowest BCUT2D eigenvalue weighted by Gasteiger charge is -2.28. The average Bonchev–Trinajstić information content (AvgIpc) is 2.28. The number of nitrogens with two attached hydrogens (primary N) is 1. The fourth-order valence-corrected chi connectivity index (χ4v) is 3.40. The summed E-state index contributed by atoms with van der Waals surface area (Å²) in [5.41, 5.74) is 5.38. The molecule has 0 amide bonds. The highest BCUT2D eigenvalue weighted by atomic mass is 32.2. The molecule has 0 unspecified atom stereocenters. The molecule has 0 aromatic heterocycles. The summed E-state index contributed by atoms with van der Waals surface area (Å²) in [6.07, 6.45) is 0. The van der Waals surface area contributed by atoms with Gasteiger partial charge in [0.2, 0.25) is 10.0 Å². The van der Waals surface area contributed by atoms with Gasteiger partial charge in [0.05, 0.1) is 5.69 Å². The molecule has 3 N–H and O–H groups in total. The molecule has 0 radical (unpaired) electrons. The van der Waals surface area contributed by atoms with Gasteiger partial charge in [-0.3, -0.25) is 0 Å². The van der Waals surface area contributed by atoms with Crippen LogP contribution in [0.4, 0.5) is 10.1 Å². The molecule has 0 saturated carbocycles. The summed E-state index contributed by atoms with van der Waals surface area (Å²) in [5, 5.41) is 0. The van der Waals surface area contributed by atoms with Crippen LogP contribution in [0.1, 0.15) is 13.8 Å². The molecule has 7 heteroatoms. The van der Waals surface area contributed by atoms with Crippen molar-refractivity contribution >= 4 is 15.7 Å². The minimum absolute atomic E-state index is 0.0318. The number of sulfonamides is 1. The van der Waals surface area contributed by atoms with E-state index in [2.05, 4.69) is 4.72 Å². The molecule has 0 spiro atoms. The number of halogens is 1. The van der Waals surface area contributed by atoms with Gasteiger partial charge in [-0.25, -0.2) is 17.5 Å². The Hall–Kier alpha value is -1.18. The topological polar surface area (TPSA) is 75.4 Å². The lowest BCUT2D eigenvalue weighted by Crippen LogP contribution is -2.40. The first-order valence-corrected chi connectivity index (χ1v) is 7.71. The smallest absolute Gasteiger partial charge is 0.242 e. The molecule has 1 rings (SSSR count). The largest absolute Gasteiger partial charge is 0.398 e. The minimum atomic E-state index is -3.82. The summed E-state index contributed by atoms with van der Waals surface area (Å²) in [6.45, 7) is 4.85. The van der Waals surface area contributed by atoms with Gasteiger partial charge in [-0.15, -0.1) is 0 Å². The molecule has 5 nitrogen and oxygen atoms in total. The van der Waals surface area contributed by atoms with Gasteiger partial charge >= 0.3 is 0 Å². The third-order valence-corrected chi connectivity index (χ3v) is 4.21. The van der Waals surface area contributed by atoms with Gasteiger partial charge in [0, 0.05) is 13.1 Å². The molecule has 0 saturated heterocycles. The van der Waals surface area contributed by atoms with Crippen LogP contribution in [0.3, 0.4) is 0 Å². The van der Waals surface area contributed by atoms with Crippen molar-refractivity contribution in [3.8, 4) is 0 Å². The van der Waals surface area contributed by atoms with Crippen molar-refractivity contribution in [1.82, 2.24) is 9.62 Å². The monoisotopic (exact) mass is 303 g/mol.